The van der Waals surface area contributed by atoms with Gasteiger partial charge in [0.25, 0.3) is 0 Å². The number of hydrogen-bond acceptors (Lipinski definition) is 3. The summed E-state index contributed by atoms with van der Waals surface area (Å²) in [5.74, 6) is 0.294. The van der Waals surface area contributed by atoms with Crippen LogP contribution in [-0.2, 0) is 0 Å². The number of halogens is 1. The maximum absolute atomic E-state index is 13.2. The van der Waals surface area contributed by atoms with Gasteiger partial charge in [0.2, 0.25) is 0 Å². The van der Waals surface area contributed by atoms with Gasteiger partial charge in [-0.3, -0.25) is 4.98 Å². The Balaban J connectivity index is 0.00000126. The van der Waals surface area contributed by atoms with Gasteiger partial charge in [0.05, 0.1) is 5.69 Å². The first-order valence-corrected chi connectivity index (χ1v) is 8.49. The molecule has 0 unspecified atom stereocenters. The molecule has 0 aliphatic carbocycles. The predicted octanol–water partition coefficient (Wildman–Crippen LogP) is 4.86. The lowest BCUT2D eigenvalue weighted by molar-refractivity contribution is 0.628. The van der Waals surface area contributed by atoms with Gasteiger partial charge >= 0.3 is 0 Å². The van der Waals surface area contributed by atoms with E-state index in [1.807, 2.05) is 32.0 Å². The Morgan fingerprint density at radius 1 is 1.04 bits per heavy atom. The molecule has 2 N–H and O–H groups in total. The number of hydrogen-bond donors (Lipinski definition) is 1. The maximum Gasteiger partial charge on any atom is 0.160 e. The van der Waals surface area contributed by atoms with E-state index in [9.17, 15) is 4.39 Å². The highest BCUT2D eigenvalue weighted by Gasteiger charge is 2.08. The topological polar surface area (TPSA) is 63.6 Å². The van der Waals surface area contributed by atoms with Crippen molar-refractivity contribution >= 4 is 18.2 Å². The van der Waals surface area contributed by atoms with E-state index in [0.717, 1.165) is 33.5 Å². The van der Waals surface area contributed by atoms with E-state index < -0.39 is 0 Å². The molecule has 2 aromatic carbocycles. The number of pyridine rings is 1. The number of benzene rings is 2. The fraction of sp³-hybridized carbons (Fsp3) is 0.136. The molecule has 0 saturated heterocycles. The van der Waals surface area contributed by atoms with Gasteiger partial charge in [-0.05, 0) is 86.3 Å². The van der Waals surface area contributed by atoms with Crippen molar-refractivity contribution in [3.05, 3.63) is 83.4 Å². The van der Waals surface area contributed by atoms with Crippen molar-refractivity contribution < 1.29 is 4.39 Å². The second-order valence-corrected chi connectivity index (χ2v) is 5.80. The van der Waals surface area contributed by atoms with Crippen molar-refractivity contribution in [2.45, 2.75) is 13.8 Å². The zero-order chi connectivity index (χ0) is 19.8. The zero-order valence-electron chi connectivity index (χ0n) is 15.8. The molecule has 0 amide bonds. The Bertz CT molecular complexity index is 933. The number of rotatable bonds is 3. The number of aromatic nitrogens is 1. The van der Waals surface area contributed by atoms with Gasteiger partial charge in [-0.2, -0.15) is 0 Å². The average Bonchev–Trinajstić information content (AvgIpc) is 2.71. The summed E-state index contributed by atoms with van der Waals surface area (Å²) in [6.07, 6.45) is 3.42. The van der Waals surface area contributed by atoms with E-state index in [1.165, 1.54) is 19.2 Å². The molecule has 0 fully saturated rings. The number of nitrogens with zero attached hydrogens (tertiary/aromatic N) is 3. The number of aryl methyl sites for hydroxylation is 2. The smallest absolute Gasteiger partial charge is 0.160 e. The molecular formula is C22H23FN4. The number of nitrogens with two attached hydrogens (primary N) is 1. The van der Waals surface area contributed by atoms with Crippen LogP contribution in [0.4, 0.5) is 10.1 Å². The minimum absolute atomic E-state index is 0.238. The molecule has 27 heavy (non-hydrogen) atoms. The van der Waals surface area contributed by atoms with Crippen LogP contribution in [0.15, 0.2) is 70.9 Å². The largest absolute Gasteiger partial charge is 0.333 e. The van der Waals surface area contributed by atoms with Crippen LogP contribution >= 0.6 is 0 Å². The molecule has 0 saturated carbocycles. The highest BCUT2D eigenvalue weighted by atomic mass is 19.1. The van der Waals surface area contributed by atoms with E-state index in [4.69, 9.17) is 0 Å². The van der Waals surface area contributed by atoms with Crippen molar-refractivity contribution in [1.29, 1.82) is 0 Å². The van der Waals surface area contributed by atoms with Crippen molar-refractivity contribution in [1.82, 2.24) is 4.98 Å². The van der Waals surface area contributed by atoms with E-state index in [0.29, 0.717) is 5.84 Å². The van der Waals surface area contributed by atoms with Gasteiger partial charge in [-0.15, -0.1) is 0 Å². The van der Waals surface area contributed by atoms with Crippen LogP contribution < -0.4 is 5.73 Å². The molecular weight excluding hydrogens is 339 g/mol. The van der Waals surface area contributed by atoms with Crippen LogP contribution in [0.5, 0.6) is 0 Å². The average molecular weight is 362 g/mol. The Morgan fingerprint density at radius 3 is 2.33 bits per heavy atom. The minimum atomic E-state index is -0.238. The lowest BCUT2D eigenvalue weighted by Crippen LogP contribution is -1.97. The van der Waals surface area contributed by atoms with Crippen LogP contribution in [-0.4, -0.2) is 24.6 Å². The molecule has 0 aliphatic rings. The highest BCUT2D eigenvalue weighted by Crippen LogP contribution is 2.31. The van der Waals surface area contributed by atoms with E-state index in [1.54, 1.807) is 24.5 Å². The Morgan fingerprint density at radius 2 is 1.74 bits per heavy atom. The minimum Gasteiger partial charge on any atom is -0.333 e. The van der Waals surface area contributed by atoms with Gasteiger partial charge in [0.1, 0.15) is 5.82 Å². The summed E-state index contributed by atoms with van der Waals surface area (Å²) < 4.78 is 13.2. The summed E-state index contributed by atoms with van der Waals surface area (Å²) in [5.41, 5.74) is 10.3. The highest BCUT2D eigenvalue weighted by molar-refractivity contribution is 6.02. The van der Waals surface area contributed by atoms with Crippen molar-refractivity contribution in [2.24, 2.45) is 15.7 Å². The first kappa shape index (κ1) is 20.1. The molecule has 0 atom stereocenters. The van der Waals surface area contributed by atoms with Gasteiger partial charge in [-0.25, -0.2) is 14.4 Å². The molecule has 0 radical (unpaired) electrons. The molecule has 4 nitrogen and oxygen atoms in total. The molecule has 1 heterocycles. The van der Waals surface area contributed by atoms with Gasteiger partial charge in [-0.1, -0.05) is 12.1 Å². The quantitative estimate of drug-likeness (QED) is 0.534. The summed E-state index contributed by atoms with van der Waals surface area (Å²) in [5, 5.41) is 0. The SMILES string of the molecule is C=NC(=Nc1cc(C)c(-c2ccc(F)cc2)cc1C)c1cccnc1.CN. The lowest BCUT2D eigenvalue weighted by atomic mass is 9.97. The summed E-state index contributed by atoms with van der Waals surface area (Å²) in [6, 6.07) is 14.3. The molecule has 5 heteroatoms. The van der Waals surface area contributed by atoms with Crippen LogP contribution in [0.1, 0.15) is 16.7 Å². The fourth-order valence-corrected chi connectivity index (χ4v) is 2.66. The normalized spacial score (nSPS) is 10.8. The van der Waals surface area contributed by atoms with Gasteiger partial charge in [0.15, 0.2) is 5.84 Å². The summed E-state index contributed by atoms with van der Waals surface area (Å²) >= 11 is 0. The van der Waals surface area contributed by atoms with Crippen molar-refractivity contribution in [3.8, 4) is 11.1 Å². The number of aliphatic imine (C=N–C) groups is 2. The molecule has 0 aliphatic heterocycles. The van der Waals surface area contributed by atoms with Crippen LogP contribution in [0.3, 0.4) is 0 Å². The third-order valence-corrected chi connectivity index (χ3v) is 3.99. The second-order valence-electron chi connectivity index (χ2n) is 5.80. The second kappa shape index (κ2) is 9.50. The standard InChI is InChI=1S/C21H18FN3.CH5N/c1-14-12-20(25-21(23-3)17-5-4-10-24-13-17)15(2)11-19(14)16-6-8-18(22)9-7-16;1-2/h4-13H,3H2,1-2H3;2H2,1H3. The Labute approximate surface area is 159 Å². The third-order valence-electron chi connectivity index (χ3n) is 3.99. The third kappa shape index (κ3) is 4.92. The van der Waals surface area contributed by atoms with Gasteiger partial charge in [0, 0.05) is 18.0 Å². The molecule has 3 rings (SSSR count). The van der Waals surface area contributed by atoms with Gasteiger partial charge < -0.3 is 5.73 Å². The van der Waals surface area contributed by atoms with Crippen LogP contribution in [0.25, 0.3) is 11.1 Å². The molecule has 0 spiro atoms. The summed E-state index contributed by atoms with van der Waals surface area (Å²) in [4.78, 5) is 12.8. The predicted molar refractivity (Wildman–Crippen MR) is 111 cm³/mol. The van der Waals surface area contributed by atoms with Crippen LogP contribution in [0, 0.1) is 19.7 Å². The van der Waals surface area contributed by atoms with Crippen molar-refractivity contribution in [3.63, 3.8) is 0 Å². The molecule has 3 aromatic rings. The molecule has 0 bridgehead atoms. The monoisotopic (exact) mass is 362 g/mol. The number of amidine groups is 1. The van der Waals surface area contributed by atoms with Crippen LogP contribution in [0.2, 0.25) is 0 Å². The molecule has 1 aromatic heterocycles. The maximum atomic E-state index is 13.2. The lowest BCUT2D eigenvalue weighted by Gasteiger charge is -2.11. The first-order chi connectivity index (χ1) is 13.1. The van der Waals surface area contributed by atoms with Crippen molar-refractivity contribution in [2.75, 3.05) is 7.05 Å². The van der Waals surface area contributed by atoms with E-state index in [2.05, 4.69) is 33.5 Å². The zero-order valence-corrected chi connectivity index (χ0v) is 15.8. The first-order valence-electron chi connectivity index (χ1n) is 8.49. The van der Waals surface area contributed by atoms with E-state index >= 15 is 0 Å². The summed E-state index contributed by atoms with van der Waals surface area (Å²) in [6.45, 7) is 7.63. The summed E-state index contributed by atoms with van der Waals surface area (Å²) in [7, 11) is 1.50. The molecule has 138 valence electrons. The Kier molecular flexibility index (Phi) is 7.08. The fourth-order valence-electron chi connectivity index (χ4n) is 2.66. The van der Waals surface area contributed by atoms with E-state index in [-0.39, 0.29) is 5.82 Å². The Hall–Kier alpha value is -3.18.